The Bertz CT molecular complexity index is 520. The molecule has 1 fully saturated rings. The van der Waals surface area contributed by atoms with E-state index in [-0.39, 0.29) is 24.8 Å². The molecule has 0 radical (unpaired) electrons. The molecule has 94 valence electrons. The molecule has 1 aliphatic rings. The third-order valence-corrected chi connectivity index (χ3v) is 4.86. The SMILES string of the molecule is CN1C(CN)CN(c2ccccc2F)S1(=O)=O. The number of benzene rings is 1. The van der Waals surface area contributed by atoms with Crippen LogP contribution in [0.5, 0.6) is 0 Å². The molecular weight excluding hydrogens is 245 g/mol. The number of hydrogen-bond acceptors (Lipinski definition) is 3. The number of rotatable bonds is 2. The molecule has 1 aromatic rings. The minimum absolute atomic E-state index is 0.0651. The Kier molecular flexibility index (Phi) is 3.07. The lowest BCUT2D eigenvalue weighted by Crippen LogP contribution is -2.36. The zero-order chi connectivity index (χ0) is 12.6. The molecule has 17 heavy (non-hydrogen) atoms. The number of likely N-dealkylation sites (N-methyl/N-ethyl adjacent to an activating group) is 1. The number of anilines is 1. The van der Waals surface area contributed by atoms with Crippen molar-refractivity contribution in [1.82, 2.24) is 4.31 Å². The predicted octanol–water partition coefficient (Wildman–Crippen LogP) is 0.150. The first kappa shape index (κ1) is 12.3. The van der Waals surface area contributed by atoms with Gasteiger partial charge >= 0.3 is 10.2 Å². The zero-order valence-corrected chi connectivity index (χ0v) is 10.2. The van der Waals surface area contributed by atoms with E-state index in [2.05, 4.69) is 0 Å². The molecule has 7 heteroatoms. The van der Waals surface area contributed by atoms with Gasteiger partial charge in [0.1, 0.15) is 5.82 Å². The van der Waals surface area contributed by atoms with E-state index in [4.69, 9.17) is 5.73 Å². The van der Waals surface area contributed by atoms with Gasteiger partial charge in [0.25, 0.3) is 0 Å². The molecule has 0 aliphatic carbocycles. The molecule has 1 saturated heterocycles. The Morgan fingerprint density at radius 3 is 2.65 bits per heavy atom. The Morgan fingerprint density at radius 1 is 1.47 bits per heavy atom. The molecule has 0 spiro atoms. The van der Waals surface area contributed by atoms with E-state index in [1.807, 2.05) is 0 Å². The van der Waals surface area contributed by atoms with E-state index in [0.717, 1.165) is 4.31 Å². The number of hydrogen-bond donors (Lipinski definition) is 1. The van der Waals surface area contributed by atoms with Gasteiger partial charge in [-0.25, -0.2) is 4.39 Å². The van der Waals surface area contributed by atoms with Gasteiger partial charge in [0, 0.05) is 13.6 Å². The third-order valence-electron chi connectivity index (χ3n) is 2.93. The van der Waals surface area contributed by atoms with E-state index < -0.39 is 16.0 Å². The van der Waals surface area contributed by atoms with Crippen LogP contribution in [0, 0.1) is 5.82 Å². The van der Waals surface area contributed by atoms with Crippen molar-refractivity contribution >= 4 is 15.9 Å². The molecule has 2 rings (SSSR count). The largest absolute Gasteiger partial charge is 0.329 e. The smallest absolute Gasteiger partial charge is 0.304 e. The number of nitrogens with two attached hydrogens (primary N) is 1. The Balaban J connectivity index is 2.45. The van der Waals surface area contributed by atoms with Crippen LogP contribution in [0.3, 0.4) is 0 Å². The monoisotopic (exact) mass is 259 g/mol. The van der Waals surface area contributed by atoms with Crippen LogP contribution in [-0.4, -0.2) is 38.9 Å². The molecule has 5 nitrogen and oxygen atoms in total. The van der Waals surface area contributed by atoms with Crippen LogP contribution in [0.4, 0.5) is 10.1 Å². The van der Waals surface area contributed by atoms with Gasteiger partial charge in [-0.1, -0.05) is 12.1 Å². The van der Waals surface area contributed by atoms with E-state index in [1.165, 1.54) is 29.6 Å². The summed E-state index contributed by atoms with van der Waals surface area (Å²) in [6.07, 6.45) is 0. The maximum absolute atomic E-state index is 13.6. The van der Waals surface area contributed by atoms with E-state index in [9.17, 15) is 12.8 Å². The summed E-state index contributed by atoms with van der Waals surface area (Å²) in [5.74, 6) is -0.554. The van der Waals surface area contributed by atoms with Gasteiger partial charge in [-0.05, 0) is 12.1 Å². The summed E-state index contributed by atoms with van der Waals surface area (Å²) < 4.78 is 39.9. The summed E-state index contributed by atoms with van der Waals surface area (Å²) in [4.78, 5) is 0. The Labute approximate surface area is 99.8 Å². The van der Waals surface area contributed by atoms with Crippen molar-refractivity contribution in [3.8, 4) is 0 Å². The van der Waals surface area contributed by atoms with Crippen LogP contribution < -0.4 is 10.0 Å². The van der Waals surface area contributed by atoms with Gasteiger partial charge in [-0.3, -0.25) is 4.31 Å². The van der Waals surface area contributed by atoms with Gasteiger partial charge < -0.3 is 5.73 Å². The molecular formula is C10H14FN3O2S. The van der Waals surface area contributed by atoms with Crippen LogP contribution in [0.15, 0.2) is 24.3 Å². The van der Waals surface area contributed by atoms with Crippen molar-refractivity contribution in [2.45, 2.75) is 6.04 Å². The molecule has 0 aromatic heterocycles. The van der Waals surface area contributed by atoms with Crippen LogP contribution >= 0.6 is 0 Å². The highest BCUT2D eigenvalue weighted by molar-refractivity contribution is 7.90. The number of para-hydroxylation sites is 1. The van der Waals surface area contributed by atoms with Crippen molar-refractivity contribution in [1.29, 1.82) is 0 Å². The van der Waals surface area contributed by atoms with Crippen LogP contribution in [0.25, 0.3) is 0 Å². The predicted molar refractivity (Wildman–Crippen MR) is 63.3 cm³/mol. The minimum Gasteiger partial charge on any atom is -0.329 e. The third kappa shape index (κ3) is 1.90. The van der Waals surface area contributed by atoms with Gasteiger partial charge in [0.15, 0.2) is 0 Å². The summed E-state index contributed by atoms with van der Waals surface area (Å²) in [5.41, 5.74) is 5.56. The van der Waals surface area contributed by atoms with Gasteiger partial charge in [-0.15, -0.1) is 0 Å². The normalized spacial score (nSPS) is 24.2. The number of halogens is 1. The lowest BCUT2D eigenvalue weighted by Gasteiger charge is -2.18. The number of nitrogens with zero attached hydrogens (tertiary/aromatic N) is 2. The fourth-order valence-electron chi connectivity index (χ4n) is 1.84. The maximum atomic E-state index is 13.6. The molecule has 1 atom stereocenters. The highest BCUT2D eigenvalue weighted by Crippen LogP contribution is 2.29. The fraction of sp³-hybridized carbons (Fsp3) is 0.400. The van der Waals surface area contributed by atoms with Crippen molar-refractivity contribution < 1.29 is 12.8 Å². The van der Waals surface area contributed by atoms with Gasteiger partial charge in [-0.2, -0.15) is 12.7 Å². The Hall–Kier alpha value is -1.18. The molecule has 1 heterocycles. The molecule has 1 aliphatic heterocycles. The summed E-state index contributed by atoms with van der Waals surface area (Å²) in [7, 11) is -2.20. The summed E-state index contributed by atoms with van der Waals surface area (Å²) in [6, 6.07) is 5.48. The first-order chi connectivity index (χ1) is 7.98. The molecule has 1 aromatic carbocycles. The second-order valence-corrected chi connectivity index (χ2v) is 5.81. The van der Waals surface area contributed by atoms with Gasteiger partial charge in [0.2, 0.25) is 0 Å². The highest BCUT2D eigenvalue weighted by Gasteiger charge is 2.41. The van der Waals surface area contributed by atoms with Crippen molar-refractivity contribution in [2.75, 3.05) is 24.4 Å². The van der Waals surface area contributed by atoms with Crippen molar-refractivity contribution in [3.05, 3.63) is 30.1 Å². The topological polar surface area (TPSA) is 66.6 Å². The second-order valence-electron chi connectivity index (χ2n) is 3.90. The molecule has 1 unspecified atom stereocenters. The van der Waals surface area contributed by atoms with Crippen LogP contribution in [0.2, 0.25) is 0 Å². The van der Waals surface area contributed by atoms with Crippen LogP contribution in [0.1, 0.15) is 0 Å². The second kappa shape index (κ2) is 4.25. The molecule has 0 bridgehead atoms. The van der Waals surface area contributed by atoms with E-state index in [1.54, 1.807) is 6.07 Å². The minimum atomic E-state index is -3.66. The highest BCUT2D eigenvalue weighted by atomic mass is 32.2. The average Bonchev–Trinajstić information content (AvgIpc) is 2.52. The van der Waals surface area contributed by atoms with E-state index in [0.29, 0.717) is 0 Å². The summed E-state index contributed by atoms with van der Waals surface area (Å²) in [5, 5.41) is 0. The first-order valence-corrected chi connectivity index (χ1v) is 6.58. The zero-order valence-electron chi connectivity index (χ0n) is 9.38. The lowest BCUT2D eigenvalue weighted by molar-refractivity contribution is 0.417. The molecule has 0 saturated carbocycles. The fourth-order valence-corrected chi connectivity index (χ4v) is 3.44. The van der Waals surface area contributed by atoms with Crippen LogP contribution in [-0.2, 0) is 10.2 Å². The molecule has 2 N–H and O–H groups in total. The maximum Gasteiger partial charge on any atom is 0.304 e. The molecule has 0 amide bonds. The quantitative estimate of drug-likeness (QED) is 0.822. The average molecular weight is 259 g/mol. The lowest BCUT2D eigenvalue weighted by atomic mass is 10.2. The van der Waals surface area contributed by atoms with Crippen molar-refractivity contribution in [3.63, 3.8) is 0 Å². The van der Waals surface area contributed by atoms with E-state index >= 15 is 0 Å². The van der Waals surface area contributed by atoms with Gasteiger partial charge in [0.05, 0.1) is 18.3 Å². The van der Waals surface area contributed by atoms with Crippen molar-refractivity contribution in [2.24, 2.45) is 5.73 Å². The standard InChI is InChI=1S/C10H14FN3O2S/c1-13-8(6-12)7-14(17(13,15)16)10-5-3-2-4-9(10)11/h2-5,8H,6-7,12H2,1H3. The summed E-state index contributed by atoms with van der Waals surface area (Å²) in [6.45, 7) is 0.386. The summed E-state index contributed by atoms with van der Waals surface area (Å²) >= 11 is 0. The Morgan fingerprint density at radius 2 is 2.12 bits per heavy atom. The first-order valence-electron chi connectivity index (χ1n) is 5.18.